The largest absolute Gasteiger partial charge is 0.376 e. The van der Waals surface area contributed by atoms with E-state index in [9.17, 15) is 9.59 Å². The summed E-state index contributed by atoms with van der Waals surface area (Å²) < 4.78 is 5.43. The van der Waals surface area contributed by atoms with E-state index >= 15 is 0 Å². The van der Waals surface area contributed by atoms with Gasteiger partial charge in [0, 0.05) is 32.5 Å². The third-order valence-electron chi connectivity index (χ3n) is 3.71. The minimum atomic E-state index is -0.0892. The van der Waals surface area contributed by atoms with Crippen LogP contribution in [-0.4, -0.2) is 37.6 Å². The van der Waals surface area contributed by atoms with Crippen molar-refractivity contribution in [2.75, 3.05) is 19.7 Å². The summed E-state index contributed by atoms with van der Waals surface area (Å²) in [5.41, 5.74) is 1.19. The maximum Gasteiger partial charge on any atom is 0.220 e. The lowest BCUT2D eigenvalue weighted by molar-refractivity contribution is -0.126. The van der Waals surface area contributed by atoms with E-state index in [-0.39, 0.29) is 30.8 Å². The van der Waals surface area contributed by atoms with E-state index in [0.717, 1.165) is 25.9 Å². The molecule has 2 N–H and O–H groups in total. The van der Waals surface area contributed by atoms with Crippen molar-refractivity contribution >= 4 is 11.8 Å². The van der Waals surface area contributed by atoms with Crippen LogP contribution < -0.4 is 10.6 Å². The molecule has 0 unspecified atom stereocenters. The first-order valence-corrected chi connectivity index (χ1v) is 7.93. The zero-order valence-electron chi connectivity index (χ0n) is 12.8. The van der Waals surface area contributed by atoms with Gasteiger partial charge in [0.2, 0.25) is 11.8 Å². The summed E-state index contributed by atoms with van der Waals surface area (Å²) in [7, 11) is 0. The van der Waals surface area contributed by atoms with Gasteiger partial charge in [-0.05, 0) is 24.8 Å². The van der Waals surface area contributed by atoms with Gasteiger partial charge >= 0.3 is 0 Å². The van der Waals surface area contributed by atoms with Gasteiger partial charge in [-0.15, -0.1) is 0 Å². The molecule has 1 heterocycles. The summed E-state index contributed by atoms with van der Waals surface area (Å²) >= 11 is 0. The first-order valence-electron chi connectivity index (χ1n) is 7.93. The maximum atomic E-state index is 11.7. The number of carbonyl (C=O) groups is 2. The van der Waals surface area contributed by atoms with E-state index in [4.69, 9.17) is 4.74 Å². The van der Waals surface area contributed by atoms with Crippen molar-refractivity contribution in [1.82, 2.24) is 10.6 Å². The molecule has 0 radical (unpaired) electrons. The molecule has 1 aliphatic rings. The van der Waals surface area contributed by atoms with Gasteiger partial charge in [0.25, 0.3) is 0 Å². The molecule has 1 fully saturated rings. The van der Waals surface area contributed by atoms with Gasteiger partial charge in [-0.1, -0.05) is 30.3 Å². The van der Waals surface area contributed by atoms with Crippen LogP contribution in [0.1, 0.15) is 31.2 Å². The zero-order valence-corrected chi connectivity index (χ0v) is 12.8. The molecule has 0 saturated carbocycles. The fraction of sp³-hybridized carbons (Fsp3) is 0.529. The lowest BCUT2D eigenvalue weighted by atomic mass is 10.1. The molecule has 5 heteroatoms. The molecular formula is C17H24N2O3. The lowest BCUT2D eigenvalue weighted by Crippen LogP contribution is -2.33. The summed E-state index contributed by atoms with van der Waals surface area (Å²) in [6.45, 7) is 1.93. The number of hydrogen-bond acceptors (Lipinski definition) is 3. The van der Waals surface area contributed by atoms with Crippen LogP contribution in [0.3, 0.4) is 0 Å². The summed E-state index contributed by atoms with van der Waals surface area (Å²) in [5, 5.41) is 5.66. The van der Waals surface area contributed by atoms with Gasteiger partial charge in [0.05, 0.1) is 6.10 Å². The standard InChI is InChI=1S/C17H24N2O3/c20-16(18-11-10-14-5-2-1-3-6-14)8-9-17(21)19-13-15-7-4-12-22-15/h1-3,5-6,15H,4,7-13H2,(H,18,20)(H,19,21)/t15-/m0/s1. The number of ether oxygens (including phenoxy) is 1. The van der Waals surface area contributed by atoms with Gasteiger partial charge in [-0.3, -0.25) is 9.59 Å². The molecule has 5 nitrogen and oxygen atoms in total. The van der Waals surface area contributed by atoms with Crippen molar-refractivity contribution in [1.29, 1.82) is 0 Å². The van der Waals surface area contributed by atoms with Gasteiger partial charge < -0.3 is 15.4 Å². The number of hydrogen-bond donors (Lipinski definition) is 2. The second-order valence-electron chi connectivity index (χ2n) is 5.52. The quantitative estimate of drug-likeness (QED) is 0.763. The first-order chi connectivity index (χ1) is 10.7. The monoisotopic (exact) mass is 304 g/mol. The fourth-order valence-corrected chi connectivity index (χ4v) is 2.43. The van der Waals surface area contributed by atoms with E-state index in [1.807, 2.05) is 30.3 Å². The van der Waals surface area contributed by atoms with Crippen molar-refractivity contribution in [2.45, 2.75) is 38.2 Å². The molecule has 0 bridgehead atoms. The molecule has 120 valence electrons. The highest BCUT2D eigenvalue weighted by Gasteiger charge is 2.16. The average molecular weight is 304 g/mol. The van der Waals surface area contributed by atoms with Crippen LogP contribution in [0.15, 0.2) is 30.3 Å². The Morgan fingerprint density at radius 2 is 1.82 bits per heavy atom. The fourth-order valence-electron chi connectivity index (χ4n) is 2.43. The summed E-state index contributed by atoms with van der Waals surface area (Å²) in [5.74, 6) is -0.170. The number of rotatable bonds is 8. The van der Waals surface area contributed by atoms with Gasteiger partial charge in [-0.25, -0.2) is 0 Å². The Balaban J connectivity index is 1.52. The van der Waals surface area contributed by atoms with E-state index < -0.39 is 0 Å². The highest BCUT2D eigenvalue weighted by atomic mass is 16.5. The van der Waals surface area contributed by atoms with Gasteiger partial charge in [-0.2, -0.15) is 0 Å². The third kappa shape index (κ3) is 6.26. The van der Waals surface area contributed by atoms with Crippen molar-refractivity contribution in [3.05, 3.63) is 35.9 Å². The maximum absolute atomic E-state index is 11.7. The molecule has 1 aromatic carbocycles. The Morgan fingerprint density at radius 1 is 1.09 bits per heavy atom. The molecule has 0 aliphatic carbocycles. The first kappa shape index (κ1) is 16.5. The second kappa shape index (κ2) is 9.20. The van der Waals surface area contributed by atoms with Crippen LogP contribution in [0, 0.1) is 0 Å². The van der Waals surface area contributed by atoms with E-state index in [1.54, 1.807) is 0 Å². The molecule has 0 spiro atoms. The van der Waals surface area contributed by atoms with Gasteiger partial charge in [0.15, 0.2) is 0 Å². The molecule has 22 heavy (non-hydrogen) atoms. The lowest BCUT2D eigenvalue weighted by Gasteiger charge is -2.10. The average Bonchev–Trinajstić information content (AvgIpc) is 3.05. The van der Waals surface area contributed by atoms with E-state index in [1.165, 1.54) is 5.56 Å². The minimum absolute atomic E-state index is 0.0804. The van der Waals surface area contributed by atoms with E-state index in [0.29, 0.717) is 13.1 Å². The smallest absolute Gasteiger partial charge is 0.220 e. The summed E-state index contributed by atoms with van der Waals surface area (Å²) in [6, 6.07) is 10.00. The Kier molecular flexibility index (Phi) is 6.90. The molecule has 1 aliphatic heterocycles. The Morgan fingerprint density at radius 3 is 2.50 bits per heavy atom. The molecule has 1 atom stereocenters. The number of amides is 2. The van der Waals surface area contributed by atoms with Crippen molar-refractivity contribution < 1.29 is 14.3 Å². The third-order valence-corrected chi connectivity index (χ3v) is 3.71. The summed E-state index contributed by atoms with van der Waals surface area (Å²) in [6.07, 6.45) is 3.46. The van der Waals surface area contributed by atoms with Crippen LogP contribution in [-0.2, 0) is 20.7 Å². The van der Waals surface area contributed by atoms with Gasteiger partial charge in [0.1, 0.15) is 0 Å². The highest BCUT2D eigenvalue weighted by Crippen LogP contribution is 2.10. The van der Waals surface area contributed by atoms with Crippen molar-refractivity contribution in [3.63, 3.8) is 0 Å². The zero-order chi connectivity index (χ0) is 15.6. The Bertz CT molecular complexity index is 470. The SMILES string of the molecule is O=C(CCC(=O)NC[C@@H]1CCCO1)NCCc1ccccc1. The normalized spacial score (nSPS) is 17.2. The minimum Gasteiger partial charge on any atom is -0.376 e. The van der Waals surface area contributed by atoms with Crippen LogP contribution in [0.5, 0.6) is 0 Å². The van der Waals surface area contributed by atoms with Crippen LogP contribution in [0.2, 0.25) is 0 Å². The van der Waals surface area contributed by atoms with Crippen molar-refractivity contribution in [2.24, 2.45) is 0 Å². The van der Waals surface area contributed by atoms with E-state index in [2.05, 4.69) is 10.6 Å². The predicted molar refractivity (Wildman–Crippen MR) is 84.4 cm³/mol. The van der Waals surface area contributed by atoms with Crippen LogP contribution in [0.4, 0.5) is 0 Å². The molecular weight excluding hydrogens is 280 g/mol. The molecule has 2 amide bonds. The number of carbonyl (C=O) groups excluding carboxylic acids is 2. The predicted octanol–water partition coefficient (Wildman–Crippen LogP) is 1.42. The van der Waals surface area contributed by atoms with Crippen LogP contribution >= 0.6 is 0 Å². The molecule has 1 saturated heterocycles. The molecule has 2 rings (SSSR count). The van der Waals surface area contributed by atoms with Crippen molar-refractivity contribution in [3.8, 4) is 0 Å². The molecule has 1 aromatic rings. The number of nitrogens with one attached hydrogen (secondary N) is 2. The Hall–Kier alpha value is -1.88. The summed E-state index contributed by atoms with van der Waals surface area (Å²) in [4.78, 5) is 23.3. The number of benzene rings is 1. The second-order valence-corrected chi connectivity index (χ2v) is 5.52. The topological polar surface area (TPSA) is 67.4 Å². The molecule has 0 aromatic heterocycles. The van der Waals surface area contributed by atoms with Crippen LogP contribution in [0.25, 0.3) is 0 Å². The highest BCUT2D eigenvalue weighted by molar-refractivity contribution is 5.83. The Labute approximate surface area is 131 Å².